The van der Waals surface area contributed by atoms with Crippen LogP contribution in [0.3, 0.4) is 0 Å². The van der Waals surface area contributed by atoms with Gasteiger partial charge in [-0.1, -0.05) is 30.3 Å². The molecule has 0 radical (unpaired) electrons. The highest BCUT2D eigenvalue weighted by atomic mass is 16.5. The van der Waals surface area contributed by atoms with Crippen LogP contribution >= 0.6 is 0 Å². The molecule has 4 aromatic rings. The van der Waals surface area contributed by atoms with E-state index >= 15 is 0 Å². The summed E-state index contributed by atoms with van der Waals surface area (Å²) in [5.74, 6) is 3.67. The Morgan fingerprint density at radius 2 is 1.70 bits per heavy atom. The number of aromatic nitrogens is 2. The largest absolute Gasteiger partial charge is 0.497 e. The van der Waals surface area contributed by atoms with Crippen molar-refractivity contribution < 1.29 is 19.0 Å². The van der Waals surface area contributed by atoms with Crippen LogP contribution in [0.4, 0.5) is 34.6 Å². The minimum absolute atomic E-state index is 0.104. The molecular formula is C34H38N6O4. The van der Waals surface area contributed by atoms with Gasteiger partial charge in [0.15, 0.2) is 0 Å². The van der Waals surface area contributed by atoms with Gasteiger partial charge in [-0.2, -0.15) is 9.97 Å². The minimum Gasteiger partial charge on any atom is -0.497 e. The van der Waals surface area contributed by atoms with Gasteiger partial charge in [0.25, 0.3) is 0 Å². The molecule has 0 bridgehead atoms. The number of ether oxygens (including phenoxy) is 3. The Hall–Kier alpha value is -4.83. The zero-order valence-electron chi connectivity index (χ0n) is 25.4. The number of rotatable bonds is 11. The molecule has 44 heavy (non-hydrogen) atoms. The summed E-state index contributed by atoms with van der Waals surface area (Å²) in [7, 11) is 3.34. The summed E-state index contributed by atoms with van der Waals surface area (Å²) < 4.78 is 16.7. The number of carbonyl (C=O) groups is 1. The number of benzene rings is 3. The van der Waals surface area contributed by atoms with Crippen LogP contribution in [-0.2, 0) is 28.9 Å². The number of nitrogens with one attached hydrogen (secondary N) is 2. The summed E-state index contributed by atoms with van der Waals surface area (Å²) in [6.45, 7) is 6.22. The number of hydrogen-bond acceptors (Lipinski definition) is 10. The quantitative estimate of drug-likeness (QED) is 0.231. The molecule has 6 rings (SSSR count). The number of methoxy groups -OCH3 is 2. The highest BCUT2D eigenvalue weighted by Gasteiger charge is 2.27. The first-order valence-electron chi connectivity index (χ1n) is 14.9. The highest BCUT2D eigenvalue weighted by molar-refractivity contribution is 5.81. The van der Waals surface area contributed by atoms with Crippen LogP contribution in [0.5, 0.6) is 11.5 Å². The van der Waals surface area contributed by atoms with Crippen molar-refractivity contribution in [3.05, 3.63) is 83.4 Å². The van der Waals surface area contributed by atoms with Crippen LogP contribution in [0.1, 0.15) is 23.6 Å². The molecule has 0 amide bonds. The minimum atomic E-state index is 0.104. The molecule has 0 saturated carbocycles. The van der Waals surface area contributed by atoms with Gasteiger partial charge in [0.2, 0.25) is 5.95 Å². The van der Waals surface area contributed by atoms with Gasteiger partial charge in [0.1, 0.15) is 28.9 Å². The molecule has 10 heteroatoms. The van der Waals surface area contributed by atoms with E-state index in [9.17, 15) is 4.79 Å². The number of nitrogens with zero attached hydrogens (tertiary/aromatic N) is 4. The predicted molar refractivity (Wildman–Crippen MR) is 173 cm³/mol. The first kappa shape index (κ1) is 29.3. The molecule has 1 saturated heterocycles. The molecule has 10 nitrogen and oxygen atoms in total. The fourth-order valence-corrected chi connectivity index (χ4v) is 5.70. The van der Waals surface area contributed by atoms with E-state index in [-0.39, 0.29) is 5.78 Å². The van der Waals surface area contributed by atoms with Crippen LogP contribution in [0.15, 0.2) is 66.7 Å². The summed E-state index contributed by atoms with van der Waals surface area (Å²) in [5.41, 5.74) is 5.84. The van der Waals surface area contributed by atoms with Gasteiger partial charge >= 0.3 is 0 Å². The lowest BCUT2D eigenvalue weighted by Gasteiger charge is -2.29. The average Bonchev–Trinajstić information content (AvgIpc) is 3.45. The van der Waals surface area contributed by atoms with E-state index in [1.807, 2.05) is 48.5 Å². The summed E-state index contributed by atoms with van der Waals surface area (Å²) in [6.07, 6.45) is 1.14. The number of para-hydroxylation sites is 1. The maximum atomic E-state index is 12.0. The van der Waals surface area contributed by atoms with Gasteiger partial charge in [-0.3, -0.25) is 4.79 Å². The highest BCUT2D eigenvalue weighted by Crippen LogP contribution is 2.37. The Balaban J connectivity index is 1.34. The number of Topliss-reactive ketones (excluding diaryl/α,β-unsaturated/α-hetero) is 1. The van der Waals surface area contributed by atoms with Crippen LogP contribution in [0.2, 0.25) is 0 Å². The van der Waals surface area contributed by atoms with Crippen LogP contribution < -0.4 is 29.9 Å². The van der Waals surface area contributed by atoms with Crippen LogP contribution in [0.25, 0.3) is 0 Å². The van der Waals surface area contributed by atoms with Crippen molar-refractivity contribution >= 4 is 40.4 Å². The van der Waals surface area contributed by atoms with E-state index in [2.05, 4.69) is 38.6 Å². The van der Waals surface area contributed by atoms with Gasteiger partial charge in [-0.05, 0) is 54.8 Å². The summed E-state index contributed by atoms with van der Waals surface area (Å²) in [4.78, 5) is 26.6. The number of morpholine rings is 1. The number of ketones is 1. The standard InChI is InChI=1S/C34H38N6O4/c1-23(41)20-25-6-4-5-7-29(25)35-32-28-14-15-40(22-24-8-11-27(42-2)12-9-24)33(28)38-34(37-32)36-30-13-10-26(21-31(30)43-3)39-16-18-44-19-17-39/h4-13,21H,14-20,22H2,1-3H3,(H2,35,36,37,38). The third kappa shape index (κ3) is 6.55. The first-order valence-corrected chi connectivity index (χ1v) is 14.9. The monoisotopic (exact) mass is 594 g/mol. The smallest absolute Gasteiger partial charge is 0.231 e. The van der Waals surface area contributed by atoms with Crippen LogP contribution in [-0.4, -0.2) is 62.8 Å². The normalized spacial score (nSPS) is 14.2. The molecule has 2 aliphatic rings. The van der Waals surface area contributed by atoms with E-state index < -0.39 is 0 Å². The average molecular weight is 595 g/mol. The lowest BCUT2D eigenvalue weighted by atomic mass is 10.1. The van der Waals surface area contributed by atoms with Crippen molar-refractivity contribution in [1.29, 1.82) is 0 Å². The van der Waals surface area contributed by atoms with Gasteiger partial charge in [0, 0.05) is 55.6 Å². The molecular weight excluding hydrogens is 556 g/mol. The Bertz CT molecular complexity index is 1620. The number of hydrogen-bond donors (Lipinski definition) is 2. The van der Waals surface area contributed by atoms with Gasteiger partial charge in [-0.25, -0.2) is 0 Å². The zero-order valence-corrected chi connectivity index (χ0v) is 25.4. The number of carbonyl (C=O) groups excluding carboxylic acids is 1. The second-order valence-corrected chi connectivity index (χ2v) is 11.0. The number of fused-ring (bicyclic) bond motifs is 1. The maximum absolute atomic E-state index is 12.0. The van der Waals surface area contributed by atoms with Crippen molar-refractivity contribution in [1.82, 2.24) is 9.97 Å². The van der Waals surface area contributed by atoms with E-state index in [4.69, 9.17) is 24.2 Å². The van der Waals surface area contributed by atoms with E-state index in [1.54, 1.807) is 21.1 Å². The van der Waals surface area contributed by atoms with Crippen molar-refractivity contribution in [2.45, 2.75) is 26.3 Å². The SMILES string of the molecule is COc1ccc(CN2CCc3c(Nc4ccccc4CC(C)=O)nc(Nc4ccc(N5CCOCC5)cc4OC)nc32)cc1. The number of anilines is 6. The molecule has 3 aromatic carbocycles. The first-order chi connectivity index (χ1) is 21.5. The summed E-state index contributed by atoms with van der Waals surface area (Å²) in [6, 6.07) is 22.1. The van der Waals surface area contributed by atoms with Crippen molar-refractivity contribution in [2.24, 2.45) is 0 Å². The van der Waals surface area contributed by atoms with Crippen molar-refractivity contribution in [3.8, 4) is 11.5 Å². The maximum Gasteiger partial charge on any atom is 0.231 e. The van der Waals surface area contributed by atoms with E-state index in [0.717, 1.165) is 77.2 Å². The molecule has 1 aromatic heterocycles. The third-order valence-corrected chi connectivity index (χ3v) is 7.97. The zero-order chi connectivity index (χ0) is 30.5. The molecule has 1 fully saturated rings. The van der Waals surface area contributed by atoms with Crippen molar-refractivity contribution in [2.75, 3.05) is 67.5 Å². The topological polar surface area (TPSA) is 101 Å². The second-order valence-electron chi connectivity index (χ2n) is 11.0. The second kappa shape index (κ2) is 13.2. The Morgan fingerprint density at radius 1 is 0.909 bits per heavy atom. The Kier molecular flexibility index (Phi) is 8.79. The Morgan fingerprint density at radius 3 is 2.45 bits per heavy atom. The molecule has 228 valence electrons. The van der Waals surface area contributed by atoms with Gasteiger partial charge < -0.3 is 34.6 Å². The van der Waals surface area contributed by atoms with E-state index in [0.29, 0.717) is 37.9 Å². The van der Waals surface area contributed by atoms with Gasteiger partial charge in [0.05, 0.1) is 33.1 Å². The lowest BCUT2D eigenvalue weighted by molar-refractivity contribution is -0.116. The predicted octanol–water partition coefficient (Wildman–Crippen LogP) is 5.51. The molecule has 0 spiro atoms. The van der Waals surface area contributed by atoms with Crippen LogP contribution in [0, 0.1) is 0 Å². The Labute approximate surface area is 258 Å². The molecule has 0 atom stereocenters. The lowest BCUT2D eigenvalue weighted by Crippen LogP contribution is -2.36. The molecule has 2 aliphatic heterocycles. The van der Waals surface area contributed by atoms with Crippen molar-refractivity contribution in [3.63, 3.8) is 0 Å². The fraction of sp³-hybridized carbons (Fsp3) is 0.324. The molecule has 0 aliphatic carbocycles. The molecule has 0 unspecified atom stereocenters. The third-order valence-electron chi connectivity index (χ3n) is 7.97. The molecule has 3 heterocycles. The van der Waals surface area contributed by atoms with Gasteiger partial charge in [-0.15, -0.1) is 0 Å². The fourth-order valence-electron chi connectivity index (χ4n) is 5.70. The molecule has 2 N–H and O–H groups in total. The summed E-state index contributed by atoms with van der Waals surface area (Å²) >= 11 is 0. The van der Waals surface area contributed by atoms with E-state index in [1.165, 1.54) is 0 Å². The summed E-state index contributed by atoms with van der Waals surface area (Å²) in [5, 5.41) is 6.98.